The summed E-state index contributed by atoms with van der Waals surface area (Å²) in [5, 5.41) is -1.83. The number of nitrogens with one attached hydrogen (secondary N) is 1. The van der Waals surface area contributed by atoms with E-state index in [2.05, 4.69) is 16.9 Å². The number of rotatable bonds is 6. The number of carbonyl (C=O) groups is 2. The molecule has 0 aromatic heterocycles. The molecule has 0 unspecified atom stereocenters. The predicted molar refractivity (Wildman–Crippen MR) is 78.6 cm³/mol. The summed E-state index contributed by atoms with van der Waals surface area (Å²) < 4.78 is 25.1. The Hall–Kier alpha value is -1.69. The molecule has 2 amide bonds. The Morgan fingerprint density at radius 2 is 2.05 bits per heavy atom. The van der Waals surface area contributed by atoms with Gasteiger partial charge in [0.1, 0.15) is 0 Å². The van der Waals surface area contributed by atoms with Crippen LogP contribution in [-0.2, 0) is 16.0 Å². The van der Waals surface area contributed by atoms with Gasteiger partial charge in [-0.3, -0.25) is 9.59 Å². The average molecular weight is 331 g/mol. The van der Waals surface area contributed by atoms with Crippen molar-refractivity contribution >= 4 is 23.4 Å². The third kappa shape index (κ3) is 4.66. The molecule has 1 aromatic rings. The SMILES string of the molecule is O=C1C[C@@H](CNC(=O)C(F)(F)Cl)CN1CCc1ccccc1. The van der Waals surface area contributed by atoms with Crippen LogP contribution in [0.4, 0.5) is 8.78 Å². The third-order valence-corrected chi connectivity index (χ3v) is 3.79. The second kappa shape index (κ2) is 7.05. The molecule has 2 rings (SSSR count). The van der Waals surface area contributed by atoms with Crippen molar-refractivity contribution in [2.75, 3.05) is 19.6 Å². The maximum Gasteiger partial charge on any atom is 0.399 e. The van der Waals surface area contributed by atoms with Crippen molar-refractivity contribution in [3.05, 3.63) is 35.9 Å². The van der Waals surface area contributed by atoms with E-state index in [1.54, 1.807) is 4.90 Å². The van der Waals surface area contributed by atoms with Crippen LogP contribution >= 0.6 is 11.6 Å². The van der Waals surface area contributed by atoms with Gasteiger partial charge < -0.3 is 10.2 Å². The molecule has 1 aliphatic rings. The Kier molecular flexibility index (Phi) is 5.34. The van der Waals surface area contributed by atoms with E-state index in [-0.39, 0.29) is 24.8 Å². The number of likely N-dealkylation sites (tertiary alicyclic amines) is 1. The first kappa shape index (κ1) is 16.7. The van der Waals surface area contributed by atoms with Crippen molar-refractivity contribution in [2.24, 2.45) is 5.92 Å². The zero-order valence-corrected chi connectivity index (χ0v) is 12.7. The van der Waals surface area contributed by atoms with Crippen LogP contribution in [0.5, 0.6) is 0 Å². The Labute approximate surface area is 132 Å². The standard InChI is InChI=1S/C15H17ClF2N2O2/c16-15(17,18)14(22)19-9-12-8-13(21)20(10-12)7-6-11-4-2-1-3-5-11/h1-5,12H,6-10H2,(H,19,22)/t12-/m0/s1. The monoisotopic (exact) mass is 330 g/mol. The van der Waals surface area contributed by atoms with Gasteiger partial charge in [-0.2, -0.15) is 8.78 Å². The molecule has 1 aliphatic heterocycles. The number of hydrogen-bond donors (Lipinski definition) is 1. The van der Waals surface area contributed by atoms with Crippen LogP contribution in [0.3, 0.4) is 0 Å². The molecule has 0 spiro atoms. The van der Waals surface area contributed by atoms with Gasteiger partial charge in [-0.15, -0.1) is 0 Å². The van der Waals surface area contributed by atoms with E-state index < -0.39 is 11.3 Å². The minimum Gasteiger partial charge on any atom is -0.349 e. The van der Waals surface area contributed by atoms with Gasteiger partial charge in [0, 0.05) is 32.0 Å². The van der Waals surface area contributed by atoms with Crippen LogP contribution in [0, 0.1) is 5.92 Å². The Balaban J connectivity index is 1.77. The first-order valence-corrected chi connectivity index (χ1v) is 7.41. The van der Waals surface area contributed by atoms with E-state index in [1.807, 2.05) is 30.3 Å². The molecule has 1 heterocycles. The fourth-order valence-electron chi connectivity index (χ4n) is 2.45. The number of nitrogens with zero attached hydrogens (tertiary/aromatic N) is 1. The summed E-state index contributed by atoms with van der Waals surface area (Å²) in [4.78, 5) is 24.6. The minimum absolute atomic E-state index is 0.0205. The molecule has 0 aliphatic carbocycles. The van der Waals surface area contributed by atoms with Crippen molar-refractivity contribution < 1.29 is 18.4 Å². The van der Waals surface area contributed by atoms with Gasteiger partial charge in [-0.05, 0) is 23.6 Å². The first-order valence-electron chi connectivity index (χ1n) is 7.03. The highest BCUT2D eigenvalue weighted by Gasteiger charge is 2.37. The molecule has 1 N–H and O–H groups in total. The summed E-state index contributed by atoms with van der Waals surface area (Å²) in [6.07, 6.45) is 0.994. The Morgan fingerprint density at radius 1 is 1.36 bits per heavy atom. The normalized spacial score (nSPS) is 18.6. The smallest absolute Gasteiger partial charge is 0.349 e. The molecular weight excluding hydrogens is 314 g/mol. The highest BCUT2D eigenvalue weighted by molar-refractivity contribution is 6.32. The number of alkyl halides is 3. The largest absolute Gasteiger partial charge is 0.399 e. The number of amides is 2. The van der Waals surface area contributed by atoms with Crippen molar-refractivity contribution in [3.63, 3.8) is 0 Å². The van der Waals surface area contributed by atoms with Crippen molar-refractivity contribution in [3.8, 4) is 0 Å². The summed E-state index contributed by atoms with van der Waals surface area (Å²) >= 11 is 4.62. The van der Waals surface area contributed by atoms with Gasteiger partial charge in [0.15, 0.2) is 0 Å². The third-order valence-electron chi connectivity index (χ3n) is 3.62. The van der Waals surface area contributed by atoms with Crippen molar-refractivity contribution in [1.29, 1.82) is 0 Å². The number of hydrogen-bond acceptors (Lipinski definition) is 2. The van der Waals surface area contributed by atoms with Crippen LogP contribution < -0.4 is 5.32 Å². The van der Waals surface area contributed by atoms with E-state index in [0.717, 1.165) is 12.0 Å². The van der Waals surface area contributed by atoms with E-state index >= 15 is 0 Å². The maximum atomic E-state index is 12.5. The lowest BCUT2D eigenvalue weighted by Gasteiger charge is -2.17. The average Bonchev–Trinajstić information content (AvgIpc) is 2.83. The molecule has 0 saturated carbocycles. The van der Waals surface area contributed by atoms with Crippen LogP contribution in [0.2, 0.25) is 0 Å². The molecule has 1 saturated heterocycles. The quantitative estimate of drug-likeness (QED) is 0.811. The van der Waals surface area contributed by atoms with Gasteiger partial charge in [0.25, 0.3) is 0 Å². The molecule has 4 nitrogen and oxygen atoms in total. The number of halogens is 3. The topological polar surface area (TPSA) is 49.4 Å². The summed E-state index contributed by atoms with van der Waals surface area (Å²) in [5.41, 5.74) is 1.13. The first-order chi connectivity index (χ1) is 10.4. The summed E-state index contributed by atoms with van der Waals surface area (Å²) in [6, 6.07) is 9.77. The van der Waals surface area contributed by atoms with Gasteiger partial charge in [0.05, 0.1) is 0 Å². The van der Waals surface area contributed by atoms with Crippen LogP contribution in [0.1, 0.15) is 12.0 Å². The van der Waals surface area contributed by atoms with Crippen LogP contribution in [0.15, 0.2) is 30.3 Å². The summed E-state index contributed by atoms with van der Waals surface area (Å²) in [6.45, 7) is 1.06. The zero-order chi connectivity index (χ0) is 16.2. The van der Waals surface area contributed by atoms with Crippen LogP contribution in [-0.4, -0.2) is 41.7 Å². The predicted octanol–water partition coefficient (Wildman–Crippen LogP) is 2.03. The van der Waals surface area contributed by atoms with Gasteiger partial charge >= 0.3 is 11.3 Å². The molecule has 1 aromatic carbocycles. The van der Waals surface area contributed by atoms with Gasteiger partial charge in [-0.25, -0.2) is 0 Å². The van der Waals surface area contributed by atoms with E-state index in [9.17, 15) is 18.4 Å². The zero-order valence-electron chi connectivity index (χ0n) is 11.9. The molecule has 0 bridgehead atoms. The fraction of sp³-hybridized carbons (Fsp3) is 0.467. The Morgan fingerprint density at radius 3 is 2.68 bits per heavy atom. The Bertz CT molecular complexity index is 534. The molecule has 7 heteroatoms. The minimum atomic E-state index is -3.91. The van der Waals surface area contributed by atoms with E-state index in [1.165, 1.54) is 0 Å². The van der Waals surface area contributed by atoms with Crippen LogP contribution in [0.25, 0.3) is 0 Å². The van der Waals surface area contributed by atoms with Gasteiger partial charge in [-0.1, -0.05) is 30.3 Å². The second-order valence-electron chi connectivity index (χ2n) is 5.35. The highest BCUT2D eigenvalue weighted by Crippen LogP contribution is 2.20. The van der Waals surface area contributed by atoms with Gasteiger partial charge in [0.2, 0.25) is 5.91 Å². The van der Waals surface area contributed by atoms with Crippen molar-refractivity contribution in [1.82, 2.24) is 10.2 Å². The highest BCUT2D eigenvalue weighted by atomic mass is 35.5. The molecule has 22 heavy (non-hydrogen) atoms. The molecule has 0 radical (unpaired) electrons. The molecule has 120 valence electrons. The number of benzene rings is 1. The van der Waals surface area contributed by atoms with E-state index in [4.69, 9.17) is 0 Å². The maximum absolute atomic E-state index is 12.5. The lowest BCUT2D eigenvalue weighted by atomic mass is 10.1. The second-order valence-corrected chi connectivity index (χ2v) is 5.83. The fourth-order valence-corrected chi connectivity index (χ4v) is 2.52. The van der Waals surface area contributed by atoms with Crippen molar-refractivity contribution in [2.45, 2.75) is 18.2 Å². The molecule has 1 fully saturated rings. The summed E-state index contributed by atoms with van der Waals surface area (Å²) in [5.74, 6) is -1.71. The summed E-state index contributed by atoms with van der Waals surface area (Å²) in [7, 11) is 0. The van der Waals surface area contributed by atoms with E-state index in [0.29, 0.717) is 13.1 Å². The number of carbonyl (C=O) groups excluding carboxylic acids is 2. The lowest BCUT2D eigenvalue weighted by molar-refractivity contribution is -0.135. The lowest BCUT2D eigenvalue weighted by Crippen LogP contribution is -2.39. The molecular formula is C15H17ClF2N2O2. The molecule has 1 atom stereocenters.